The van der Waals surface area contributed by atoms with E-state index in [2.05, 4.69) is 243 Å². The van der Waals surface area contributed by atoms with Gasteiger partial charge in [-0.25, -0.2) is 4.98 Å². The predicted molar refractivity (Wildman–Crippen MR) is 267 cm³/mol. The number of hydrogen-bond donors (Lipinski definition) is 0. The third-order valence-corrected chi connectivity index (χ3v) is 13.4. The monoisotopic (exact) mass is 815 g/mol. The number of pyridine rings is 1. The third-order valence-electron chi connectivity index (χ3n) is 13.4. The van der Waals surface area contributed by atoms with Gasteiger partial charge < -0.3 is 9.13 Å². The first kappa shape index (κ1) is 35.0. The van der Waals surface area contributed by atoms with E-state index in [1.807, 2.05) is 0 Å². The summed E-state index contributed by atoms with van der Waals surface area (Å²) in [5.41, 5.74) is 13.6. The zero-order valence-electron chi connectivity index (χ0n) is 34.6. The summed E-state index contributed by atoms with van der Waals surface area (Å²) in [5.74, 6) is 1.72. The van der Waals surface area contributed by atoms with Gasteiger partial charge in [0, 0.05) is 54.3 Å². The van der Waals surface area contributed by atoms with Crippen molar-refractivity contribution in [3.63, 3.8) is 0 Å². The van der Waals surface area contributed by atoms with E-state index in [0.717, 1.165) is 67.2 Å². The van der Waals surface area contributed by atoms with Gasteiger partial charge in [-0.2, -0.15) is 0 Å². The summed E-state index contributed by atoms with van der Waals surface area (Å²) in [5, 5.41) is 9.74. The van der Waals surface area contributed by atoms with Gasteiger partial charge in [0.2, 0.25) is 0 Å². The quantitative estimate of drug-likeness (QED) is 0.170. The Balaban J connectivity index is 1.05. The SMILES string of the molecule is c1ccc(-n2c3ccccc3c3cc(-n4c5ccccc5c5ccccc54)ccc32)c(-c2cc(-n3c4ccccc4c4ccccc43)nc(-n3c4ccccc4c4ccccc43)c2)c1. The molecular formula is C59H37N5. The molecule has 0 N–H and O–H groups in total. The number of hydrogen-bond acceptors (Lipinski definition) is 1. The summed E-state index contributed by atoms with van der Waals surface area (Å²) >= 11 is 0. The molecule has 0 aliphatic carbocycles. The van der Waals surface area contributed by atoms with Crippen molar-refractivity contribution in [2.45, 2.75) is 0 Å². The molecule has 0 aliphatic heterocycles. The second-order valence-corrected chi connectivity index (χ2v) is 16.8. The van der Waals surface area contributed by atoms with Crippen molar-refractivity contribution in [2.75, 3.05) is 0 Å². The highest BCUT2D eigenvalue weighted by Gasteiger charge is 2.22. The van der Waals surface area contributed by atoms with Gasteiger partial charge in [-0.3, -0.25) is 9.13 Å². The maximum atomic E-state index is 5.63. The van der Waals surface area contributed by atoms with E-state index in [0.29, 0.717) is 0 Å². The van der Waals surface area contributed by atoms with Crippen molar-refractivity contribution in [2.24, 2.45) is 0 Å². The molecule has 0 radical (unpaired) electrons. The van der Waals surface area contributed by atoms with Crippen LogP contribution in [0.25, 0.3) is 121 Å². The maximum absolute atomic E-state index is 5.63. The molecule has 5 nitrogen and oxygen atoms in total. The van der Waals surface area contributed by atoms with Crippen LogP contribution in [0.4, 0.5) is 0 Å². The van der Waals surface area contributed by atoms with Gasteiger partial charge in [0.15, 0.2) is 0 Å². The molecule has 0 atom stereocenters. The molecule has 64 heavy (non-hydrogen) atoms. The summed E-state index contributed by atoms with van der Waals surface area (Å²) in [4.78, 5) is 5.63. The fourth-order valence-electron chi connectivity index (χ4n) is 10.7. The Morgan fingerprint density at radius 2 is 0.578 bits per heavy atom. The molecular weight excluding hydrogens is 779 g/mol. The Morgan fingerprint density at radius 1 is 0.250 bits per heavy atom. The van der Waals surface area contributed by atoms with Crippen molar-refractivity contribution in [1.82, 2.24) is 23.3 Å². The molecule has 0 unspecified atom stereocenters. The van der Waals surface area contributed by atoms with E-state index in [1.54, 1.807) is 0 Å². The summed E-state index contributed by atoms with van der Waals surface area (Å²) < 4.78 is 9.54. The number of benzene rings is 9. The Bertz CT molecular complexity index is 3920. The first-order chi connectivity index (χ1) is 31.8. The van der Waals surface area contributed by atoms with Gasteiger partial charge in [-0.1, -0.05) is 146 Å². The van der Waals surface area contributed by atoms with E-state index in [4.69, 9.17) is 4.98 Å². The van der Waals surface area contributed by atoms with Crippen LogP contribution in [0.1, 0.15) is 0 Å². The fraction of sp³-hybridized carbons (Fsp3) is 0. The average molecular weight is 816 g/mol. The lowest BCUT2D eigenvalue weighted by Gasteiger charge is -2.18. The van der Waals surface area contributed by atoms with E-state index < -0.39 is 0 Å². The molecule has 0 bridgehead atoms. The average Bonchev–Trinajstić information content (AvgIpc) is 4.09. The molecule has 0 saturated heterocycles. The first-order valence-electron chi connectivity index (χ1n) is 21.9. The van der Waals surface area contributed by atoms with Crippen LogP contribution >= 0.6 is 0 Å². The minimum Gasteiger partial charge on any atom is -0.309 e. The fourth-order valence-corrected chi connectivity index (χ4v) is 10.7. The van der Waals surface area contributed by atoms with Gasteiger partial charge in [0.25, 0.3) is 0 Å². The minimum absolute atomic E-state index is 0.861. The largest absolute Gasteiger partial charge is 0.309 e. The van der Waals surface area contributed by atoms with Gasteiger partial charge in [0.05, 0.1) is 49.8 Å². The van der Waals surface area contributed by atoms with Crippen LogP contribution in [0.3, 0.4) is 0 Å². The molecule has 298 valence electrons. The lowest BCUT2D eigenvalue weighted by Crippen LogP contribution is -2.05. The second-order valence-electron chi connectivity index (χ2n) is 16.8. The summed E-state index contributed by atoms with van der Waals surface area (Å²) in [6.45, 7) is 0. The lowest BCUT2D eigenvalue weighted by molar-refractivity contribution is 1.01. The first-order valence-corrected chi connectivity index (χ1v) is 21.9. The van der Waals surface area contributed by atoms with Gasteiger partial charge in [-0.05, 0) is 84.4 Å². The zero-order valence-corrected chi connectivity index (χ0v) is 34.6. The standard InChI is InChI=1S/C59H37N5/c1-9-25-49(62-52-28-12-8-24-47(52)48-37-39(33-34-57(48)62)61-50-26-10-2-18-41(50)42-19-3-11-27-51(42)61)40(17-1)38-35-58(63-53-29-13-4-20-43(53)44-21-5-14-30-54(44)63)60-59(36-38)64-55-31-15-6-22-45(55)46-23-7-16-32-56(46)64/h1-37H. The van der Waals surface area contributed by atoms with E-state index >= 15 is 0 Å². The minimum atomic E-state index is 0.861. The smallest absolute Gasteiger partial charge is 0.140 e. The van der Waals surface area contributed by atoms with Crippen LogP contribution in [-0.4, -0.2) is 23.3 Å². The number of para-hydroxylation sites is 8. The number of nitrogens with zero attached hydrogens (tertiary/aromatic N) is 5. The number of fused-ring (bicyclic) bond motifs is 12. The molecule has 5 heterocycles. The molecule has 0 amide bonds. The summed E-state index contributed by atoms with van der Waals surface area (Å²) in [6, 6.07) is 81.4. The van der Waals surface area contributed by atoms with Crippen molar-refractivity contribution in [3.05, 3.63) is 224 Å². The van der Waals surface area contributed by atoms with Crippen LogP contribution in [0, 0.1) is 0 Å². The maximum Gasteiger partial charge on any atom is 0.140 e. The number of rotatable bonds is 5. The topological polar surface area (TPSA) is 32.6 Å². The molecule has 0 spiro atoms. The highest BCUT2D eigenvalue weighted by Crippen LogP contribution is 2.41. The Kier molecular flexibility index (Phi) is 7.33. The predicted octanol–water partition coefficient (Wildman–Crippen LogP) is 15.1. The lowest BCUT2D eigenvalue weighted by atomic mass is 10.0. The van der Waals surface area contributed by atoms with E-state index in [1.165, 1.54) is 54.1 Å². The molecule has 0 aliphatic rings. The van der Waals surface area contributed by atoms with Crippen LogP contribution in [0.5, 0.6) is 0 Å². The van der Waals surface area contributed by atoms with Crippen molar-refractivity contribution < 1.29 is 0 Å². The van der Waals surface area contributed by atoms with Gasteiger partial charge in [-0.15, -0.1) is 0 Å². The molecule has 0 fully saturated rings. The van der Waals surface area contributed by atoms with Crippen LogP contribution < -0.4 is 0 Å². The zero-order chi connectivity index (χ0) is 41.9. The normalized spacial score (nSPS) is 12.1. The van der Waals surface area contributed by atoms with Crippen molar-refractivity contribution in [3.8, 4) is 34.1 Å². The third kappa shape index (κ3) is 4.92. The highest BCUT2D eigenvalue weighted by atomic mass is 15.1. The van der Waals surface area contributed by atoms with Crippen molar-refractivity contribution >= 4 is 87.2 Å². The summed E-state index contributed by atoms with van der Waals surface area (Å²) in [7, 11) is 0. The molecule has 5 heteroatoms. The molecule has 9 aromatic carbocycles. The van der Waals surface area contributed by atoms with E-state index in [9.17, 15) is 0 Å². The van der Waals surface area contributed by atoms with Gasteiger partial charge in [0.1, 0.15) is 11.6 Å². The summed E-state index contributed by atoms with van der Waals surface area (Å²) in [6.07, 6.45) is 0. The molecule has 5 aromatic heterocycles. The molecule has 14 aromatic rings. The molecule has 14 rings (SSSR count). The Labute approximate surface area is 367 Å². The van der Waals surface area contributed by atoms with Crippen molar-refractivity contribution in [1.29, 1.82) is 0 Å². The number of aromatic nitrogens is 5. The van der Waals surface area contributed by atoms with Crippen LogP contribution in [0.15, 0.2) is 224 Å². The van der Waals surface area contributed by atoms with Gasteiger partial charge >= 0.3 is 0 Å². The Morgan fingerprint density at radius 3 is 1.02 bits per heavy atom. The van der Waals surface area contributed by atoms with E-state index in [-0.39, 0.29) is 0 Å². The Hall–Kier alpha value is -8.67. The van der Waals surface area contributed by atoms with Crippen LogP contribution in [0.2, 0.25) is 0 Å². The highest BCUT2D eigenvalue weighted by molar-refractivity contribution is 6.13. The molecule has 0 saturated carbocycles. The van der Waals surface area contributed by atoms with Crippen LogP contribution in [-0.2, 0) is 0 Å². The second kappa shape index (κ2) is 13.4.